The number of oxazole rings is 1. The van der Waals surface area contributed by atoms with Crippen molar-refractivity contribution in [2.24, 2.45) is 0 Å². The van der Waals surface area contributed by atoms with Crippen LogP contribution in [0.15, 0.2) is 33.5 Å². The van der Waals surface area contributed by atoms with Crippen LogP contribution in [0.4, 0.5) is 4.79 Å². The zero-order valence-electron chi connectivity index (χ0n) is 12.3. The van der Waals surface area contributed by atoms with E-state index in [9.17, 15) is 19.2 Å². The Morgan fingerprint density at radius 1 is 1.26 bits per heavy atom. The molecule has 0 fully saturated rings. The van der Waals surface area contributed by atoms with Gasteiger partial charge in [0, 0.05) is 13.6 Å². The summed E-state index contributed by atoms with van der Waals surface area (Å²) in [6.07, 6.45) is -0.114. The van der Waals surface area contributed by atoms with E-state index in [2.05, 4.69) is 5.32 Å². The Morgan fingerprint density at radius 3 is 2.74 bits per heavy atom. The Labute approximate surface area is 130 Å². The number of esters is 1. The highest BCUT2D eigenvalue weighted by Gasteiger charge is 2.13. The summed E-state index contributed by atoms with van der Waals surface area (Å²) in [5.41, 5.74) is 0.999. The summed E-state index contributed by atoms with van der Waals surface area (Å²) in [6, 6.07) is 6.13. The number of hydrogen-bond donors (Lipinski definition) is 2. The molecule has 0 saturated heterocycles. The smallest absolute Gasteiger partial charge is 0.419 e. The lowest BCUT2D eigenvalue weighted by Gasteiger charge is -2.05. The number of para-hydroxylation sites is 2. The number of carbonyl (C=O) groups is 3. The number of hydrogen-bond acceptors (Lipinski definition) is 6. The SMILES string of the molecule is CNC(=O)NC(=O)COC(=O)CCn1c(=O)oc2ccccc21. The summed E-state index contributed by atoms with van der Waals surface area (Å²) in [4.78, 5) is 45.4. The van der Waals surface area contributed by atoms with Crippen LogP contribution in [-0.2, 0) is 20.9 Å². The lowest BCUT2D eigenvalue weighted by molar-refractivity contribution is -0.148. The molecule has 2 N–H and O–H groups in total. The molecule has 0 spiro atoms. The van der Waals surface area contributed by atoms with E-state index < -0.39 is 30.3 Å². The summed E-state index contributed by atoms with van der Waals surface area (Å²) in [5, 5.41) is 4.14. The van der Waals surface area contributed by atoms with Gasteiger partial charge in [-0.2, -0.15) is 0 Å². The number of imide groups is 1. The summed E-state index contributed by atoms with van der Waals surface area (Å²) in [7, 11) is 1.35. The van der Waals surface area contributed by atoms with Crippen LogP contribution in [0.3, 0.4) is 0 Å². The van der Waals surface area contributed by atoms with Gasteiger partial charge in [0.1, 0.15) is 0 Å². The minimum absolute atomic E-state index is 0.0613. The number of ether oxygens (including phenoxy) is 1. The number of amides is 3. The van der Waals surface area contributed by atoms with E-state index in [-0.39, 0.29) is 13.0 Å². The number of nitrogens with one attached hydrogen (secondary N) is 2. The van der Waals surface area contributed by atoms with Gasteiger partial charge in [0.2, 0.25) is 0 Å². The van der Waals surface area contributed by atoms with Crippen LogP contribution in [0.2, 0.25) is 0 Å². The van der Waals surface area contributed by atoms with Gasteiger partial charge in [-0.05, 0) is 12.1 Å². The Hall–Kier alpha value is -3.10. The molecular formula is C14H15N3O6. The van der Waals surface area contributed by atoms with Crippen molar-refractivity contribution in [2.45, 2.75) is 13.0 Å². The van der Waals surface area contributed by atoms with Gasteiger partial charge in [0.25, 0.3) is 5.91 Å². The Balaban J connectivity index is 1.87. The normalized spacial score (nSPS) is 10.3. The second-order valence-corrected chi connectivity index (χ2v) is 4.53. The first-order chi connectivity index (χ1) is 11.0. The second kappa shape index (κ2) is 7.25. The van der Waals surface area contributed by atoms with E-state index in [1.807, 2.05) is 5.32 Å². The topological polar surface area (TPSA) is 120 Å². The molecular weight excluding hydrogens is 306 g/mol. The molecule has 0 aliphatic rings. The molecule has 2 aromatic rings. The Bertz CT molecular complexity index is 791. The van der Waals surface area contributed by atoms with Gasteiger partial charge in [-0.1, -0.05) is 12.1 Å². The average molecular weight is 321 g/mol. The third kappa shape index (κ3) is 4.19. The van der Waals surface area contributed by atoms with Crippen molar-refractivity contribution in [3.8, 4) is 0 Å². The first-order valence-corrected chi connectivity index (χ1v) is 6.77. The van der Waals surface area contributed by atoms with Gasteiger partial charge >= 0.3 is 17.8 Å². The number of fused-ring (bicyclic) bond motifs is 1. The van der Waals surface area contributed by atoms with Crippen molar-refractivity contribution < 1.29 is 23.5 Å². The van der Waals surface area contributed by atoms with Crippen LogP contribution in [0, 0.1) is 0 Å². The maximum atomic E-state index is 11.7. The molecule has 122 valence electrons. The maximum Gasteiger partial charge on any atom is 0.419 e. The average Bonchev–Trinajstić information content (AvgIpc) is 2.86. The summed E-state index contributed by atoms with van der Waals surface area (Å²) in [5.74, 6) is -1.99. The van der Waals surface area contributed by atoms with E-state index in [0.717, 1.165) is 0 Å². The monoisotopic (exact) mass is 321 g/mol. The van der Waals surface area contributed by atoms with E-state index >= 15 is 0 Å². The van der Waals surface area contributed by atoms with E-state index in [1.54, 1.807) is 24.3 Å². The van der Waals surface area contributed by atoms with Crippen LogP contribution in [0.1, 0.15) is 6.42 Å². The molecule has 0 atom stereocenters. The van der Waals surface area contributed by atoms with E-state index in [4.69, 9.17) is 9.15 Å². The molecule has 0 unspecified atom stereocenters. The van der Waals surface area contributed by atoms with Gasteiger partial charge in [-0.15, -0.1) is 0 Å². The van der Waals surface area contributed by atoms with Crippen LogP contribution in [0.25, 0.3) is 11.1 Å². The Kier molecular flexibility index (Phi) is 5.13. The third-order valence-electron chi connectivity index (χ3n) is 2.96. The van der Waals surface area contributed by atoms with Crippen molar-refractivity contribution >= 4 is 29.0 Å². The number of benzene rings is 1. The highest BCUT2D eigenvalue weighted by molar-refractivity contribution is 5.95. The van der Waals surface area contributed by atoms with Crippen LogP contribution < -0.4 is 16.4 Å². The zero-order valence-corrected chi connectivity index (χ0v) is 12.3. The van der Waals surface area contributed by atoms with Gasteiger partial charge in [-0.3, -0.25) is 19.5 Å². The molecule has 0 aliphatic heterocycles. The first-order valence-electron chi connectivity index (χ1n) is 6.77. The lowest BCUT2D eigenvalue weighted by Crippen LogP contribution is -2.39. The van der Waals surface area contributed by atoms with Gasteiger partial charge in [-0.25, -0.2) is 9.59 Å². The molecule has 1 aromatic heterocycles. The molecule has 9 heteroatoms. The first kappa shape index (κ1) is 16.3. The number of nitrogens with zero attached hydrogens (tertiary/aromatic N) is 1. The number of urea groups is 1. The largest absolute Gasteiger partial charge is 0.456 e. The van der Waals surface area contributed by atoms with Crippen molar-refractivity contribution in [2.75, 3.05) is 13.7 Å². The molecule has 2 rings (SSSR count). The highest BCUT2D eigenvalue weighted by Crippen LogP contribution is 2.12. The van der Waals surface area contributed by atoms with Crippen molar-refractivity contribution in [1.82, 2.24) is 15.2 Å². The fourth-order valence-electron chi connectivity index (χ4n) is 1.87. The molecule has 0 radical (unpaired) electrons. The van der Waals surface area contributed by atoms with Crippen molar-refractivity contribution in [1.29, 1.82) is 0 Å². The minimum atomic E-state index is -0.747. The Morgan fingerprint density at radius 2 is 2.00 bits per heavy atom. The molecule has 1 aromatic carbocycles. The quantitative estimate of drug-likeness (QED) is 0.747. The number of carbonyl (C=O) groups excluding carboxylic acids is 3. The third-order valence-corrected chi connectivity index (χ3v) is 2.96. The second-order valence-electron chi connectivity index (χ2n) is 4.53. The van der Waals surface area contributed by atoms with Crippen molar-refractivity contribution in [3.05, 3.63) is 34.8 Å². The lowest BCUT2D eigenvalue weighted by atomic mass is 10.3. The molecule has 23 heavy (non-hydrogen) atoms. The van der Waals surface area contributed by atoms with Crippen LogP contribution >= 0.6 is 0 Å². The predicted octanol–water partition coefficient (Wildman–Crippen LogP) is -0.0166. The fraction of sp³-hybridized carbons (Fsp3) is 0.286. The number of rotatable bonds is 5. The van der Waals surface area contributed by atoms with Gasteiger partial charge in [0.05, 0.1) is 11.9 Å². The summed E-state index contributed by atoms with van der Waals surface area (Å²) in [6.45, 7) is -0.515. The molecule has 0 saturated carbocycles. The molecule has 3 amide bonds. The van der Waals surface area contributed by atoms with Gasteiger partial charge in [0.15, 0.2) is 12.2 Å². The van der Waals surface area contributed by atoms with E-state index in [1.165, 1.54) is 11.6 Å². The maximum absolute atomic E-state index is 11.7. The van der Waals surface area contributed by atoms with Gasteiger partial charge < -0.3 is 14.5 Å². The standard InChI is InChI=1S/C14H15N3O6/c1-15-13(20)16-11(18)8-22-12(19)6-7-17-9-4-2-3-5-10(9)23-14(17)21/h2-5H,6-8H2,1H3,(H2,15,16,18,20). The zero-order chi connectivity index (χ0) is 16.8. The van der Waals surface area contributed by atoms with E-state index in [0.29, 0.717) is 11.1 Å². The molecule has 1 heterocycles. The van der Waals surface area contributed by atoms with Crippen molar-refractivity contribution in [3.63, 3.8) is 0 Å². The molecule has 0 aliphatic carbocycles. The fourth-order valence-corrected chi connectivity index (χ4v) is 1.87. The summed E-state index contributed by atoms with van der Waals surface area (Å²) < 4.78 is 11.1. The molecule has 9 nitrogen and oxygen atoms in total. The molecule has 0 bridgehead atoms. The van der Waals surface area contributed by atoms with Crippen LogP contribution in [-0.4, -0.2) is 36.1 Å². The van der Waals surface area contributed by atoms with Crippen LogP contribution in [0.5, 0.6) is 0 Å². The summed E-state index contributed by atoms with van der Waals surface area (Å²) >= 11 is 0. The number of aromatic nitrogens is 1. The number of aryl methyl sites for hydroxylation is 1. The highest BCUT2D eigenvalue weighted by atomic mass is 16.5. The minimum Gasteiger partial charge on any atom is -0.456 e. The predicted molar refractivity (Wildman–Crippen MR) is 78.6 cm³/mol.